The van der Waals surface area contributed by atoms with E-state index in [2.05, 4.69) is 0 Å². The molecule has 4 heteroatoms. The Balaban J connectivity index is 1.84. The Hall–Kier alpha value is -3.37. The van der Waals surface area contributed by atoms with Crippen LogP contribution in [0.3, 0.4) is 0 Å². The summed E-state index contributed by atoms with van der Waals surface area (Å²) < 4.78 is 32.4. The van der Waals surface area contributed by atoms with Gasteiger partial charge in [0.25, 0.3) is 0 Å². The molecule has 4 rings (SSSR count). The average molecular weight is 415 g/mol. The molecule has 0 aliphatic heterocycles. The van der Waals surface area contributed by atoms with Gasteiger partial charge in [0.1, 0.15) is 5.75 Å². The molecule has 0 heterocycles. The van der Waals surface area contributed by atoms with E-state index in [-0.39, 0.29) is 9.79 Å². The van der Waals surface area contributed by atoms with Crippen LogP contribution in [-0.2, 0) is 9.84 Å². The third-order valence-corrected chi connectivity index (χ3v) is 6.92. The lowest BCUT2D eigenvalue weighted by Gasteiger charge is -2.13. The van der Waals surface area contributed by atoms with Gasteiger partial charge in [0.05, 0.1) is 16.9 Å². The highest BCUT2D eigenvalue weighted by Crippen LogP contribution is 2.35. The lowest BCUT2D eigenvalue weighted by atomic mass is 10.0. The summed E-state index contributed by atoms with van der Waals surface area (Å²) in [6.45, 7) is 1.99. The van der Waals surface area contributed by atoms with Crippen LogP contribution in [0.2, 0.25) is 0 Å². The van der Waals surface area contributed by atoms with Gasteiger partial charge in [0, 0.05) is 5.56 Å². The standard InChI is InChI=1S/C26H22O3S/c1-19-13-14-22(17-24(19)20-9-5-3-6-10-20)30(27,28)23-15-16-26(29-2)25(18-23)21-11-7-4-8-12-21/h3-18H,1-2H3. The molecule has 0 aliphatic carbocycles. The first-order valence-electron chi connectivity index (χ1n) is 9.65. The molecule has 3 nitrogen and oxygen atoms in total. The fraction of sp³-hybridized carbons (Fsp3) is 0.0769. The maximum absolute atomic E-state index is 13.5. The molecule has 0 amide bonds. The van der Waals surface area contributed by atoms with Crippen LogP contribution in [0.1, 0.15) is 5.56 Å². The van der Waals surface area contributed by atoms with Crippen molar-refractivity contribution in [1.29, 1.82) is 0 Å². The zero-order valence-electron chi connectivity index (χ0n) is 16.9. The minimum atomic E-state index is -3.70. The quantitative estimate of drug-likeness (QED) is 0.392. The van der Waals surface area contributed by atoms with Crippen molar-refractivity contribution in [1.82, 2.24) is 0 Å². The second kappa shape index (κ2) is 8.17. The Labute approximate surface area is 177 Å². The number of hydrogen-bond acceptors (Lipinski definition) is 3. The van der Waals surface area contributed by atoms with Crippen molar-refractivity contribution in [2.24, 2.45) is 0 Å². The van der Waals surface area contributed by atoms with Crippen LogP contribution >= 0.6 is 0 Å². The summed E-state index contributed by atoms with van der Waals surface area (Å²) in [5.41, 5.74) is 4.58. The lowest BCUT2D eigenvalue weighted by molar-refractivity contribution is 0.416. The number of rotatable bonds is 5. The van der Waals surface area contributed by atoms with Gasteiger partial charge in [-0.2, -0.15) is 0 Å². The number of hydrogen-bond donors (Lipinski definition) is 0. The predicted octanol–water partition coefficient (Wildman–Crippen LogP) is 6.17. The van der Waals surface area contributed by atoms with Crippen LogP contribution < -0.4 is 4.74 Å². The van der Waals surface area contributed by atoms with Gasteiger partial charge < -0.3 is 4.74 Å². The van der Waals surface area contributed by atoms with Crippen molar-refractivity contribution >= 4 is 9.84 Å². The molecule has 0 saturated heterocycles. The molecule has 0 fully saturated rings. The first kappa shape index (κ1) is 19.9. The van der Waals surface area contributed by atoms with Gasteiger partial charge >= 0.3 is 0 Å². The van der Waals surface area contributed by atoms with Crippen LogP contribution in [0.15, 0.2) is 107 Å². The van der Waals surface area contributed by atoms with Crippen LogP contribution in [0.5, 0.6) is 5.75 Å². The largest absolute Gasteiger partial charge is 0.496 e. The van der Waals surface area contributed by atoms with Crippen LogP contribution in [-0.4, -0.2) is 15.5 Å². The molecule has 0 atom stereocenters. The van der Waals surface area contributed by atoms with Crippen molar-refractivity contribution in [2.75, 3.05) is 7.11 Å². The van der Waals surface area contributed by atoms with Gasteiger partial charge in [-0.1, -0.05) is 66.7 Å². The predicted molar refractivity (Wildman–Crippen MR) is 120 cm³/mol. The summed E-state index contributed by atoms with van der Waals surface area (Å²) in [6, 6.07) is 29.7. The molecule has 0 spiro atoms. The fourth-order valence-corrected chi connectivity index (χ4v) is 4.84. The lowest BCUT2D eigenvalue weighted by Crippen LogP contribution is -2.03. The molecule has 0 saturated carbocycles. The topological polar surface area (TPSA) is 43.4 Å². The normalized spacial score (nSPS) is 11.3. The molecule has 4 aromatic rings. The highest BCUT2D eigenvalue weighted by molar-refractivity contribution is 7.91. The Morgan fingerprint density at radius 3 is 1.70 bits per heavy atom. The van der Waals surface area contributed by atoms with Crippen molar-refractivity contribution in [3.05, 3.63) is 103 Å². The summed E-state index contributed by atoms with van der Waals surface area (Å²) in [5.74, 6) is 0.633. The number of aryl methyl sites for hydroxylation is 1. The molecule has 0 aliphatic rings. The highest BCUT2D eigenvalue weighted by Gasteiger charge is 2.21. The van der Waals surface area contributed by atoms with Crippen molar-refractivity contribution in [3.8, 4) is 28.0 Å². The molecule has 30 heavy (non-hydrogen) atoms. The first-order valence-corrected chi connectivity index (χ1v) is 11.1. The van der Waals surface area contributed by atoms with Gasteiger partial charge in [-0.05, 0) is 59.5 Å². The van der Waals surface area contributed by atoms with Crippen LogP contribution in [0.25, 0.3) is 22.3 Å². The van der Waals surface area contributed by atoms with Crippen LogP contribution in [0, 0.1) is 6.92 Å². The minimum absolute atomic E-state index is 0.241. The maximum Gasteiger partial charge on any atom is 0.206 e. The monoisotopic (exact) mass is 414 g/mol. The zero-order chi connectivity index (χ0) is 21.1. The molecular formula is C26H22O3S. The Bertz CT molecular complexity index is 1280. The summed E-state index contributed by atoms with van der Waals surface area (Å²) in [4.78, 5) is 0.515. The average Bonchev–Trinajstić information content (AvgIpc) is 2.80. The maximum atomic E-state index is 13.5. The third kappa shape index (κ3) is 3.74. The second-order valence-electron chi connectivity index (χ2n) is 7.07. The van der Waals surface area contributed by atoms with E-state index in [0.29, 0.717) is 5.75 Å². The first-order chi connectivity index (χ1) is 14.5. The van der Waals surface area contributed by atoms with Crippen molar-refractivity contribution < 1.29 is 13.2 Å². The SMILES string of the molecule is COc1ccc(S(=O)(=O)c2ccc(C)c(-c3ccccc3)c2)cc1-c1ccccc1. The van der Waals surface area contributed by atoms with Gasteiger partial charge in [0.15, 0.2) is 0 Å². The van der Waals surface area contributed by atoms with E-state index < -0.39 is 9.84 Å². The number of benzene rings is 4. The van der Waals surface area contributed by atoms with Gasteiger partial charge in [0.2, 0.25) is 9.84 Å². The van der Waals surface area contributed by atoms with E-state index in [9.17, 15) is 8.42 Å². The summed E-state index contributed by atoms with van der Waals surface area (Å²) in [5, 5.41) is 0. The van der Waals surface area contributed by atoms with Crippen molar-refractivity contribution in [3.63, 3.8) is 0 Å². The Morgan fingerprint density at radius 2 is 1.13 bits per heavy atom. The molecule has 4 aromatic carbocycles. The van der Waals surface area contributed by atoms with E-state index in [0.717, 1.165) is 27.8 Å². The van der Waals surface area contributed by atoms with E-state index in [1.165, 1.54) is 0 Å². The second-order valence-corrected chi connectivity index (χ2v) is 9.02. The molecule has 0 aromatic heterocycles. The van der Waals surface area contributed by atoms with E-state index >= 15 is 0 Å². The highest BCUT2D eigenvalue weighted by atomic mass is 32.2. The summed E-state index contributed by atoms with van der Waals surface area (Å²) in [6.07, 6.45) is 0. The fourth-order valence-electron chi connectivity index (χ4n) is 3.53. The number of ether oxygens (including phenoxy) is 1. The van der Waals surface area contributed by atoms with Gasteiger partial charge in [-0.25, -0.2) is 8.42 Å². The number of methoxy groups -OCH3 is 1. The molecule has 0 N–H and O–H groups in total. The van der Waals surface area contributed by atoms with Gasteiger partial charge in [-0.15, -0.1) is 0 Å². The van der Waals surface area contributed by atoms with Crippen molar-refractivity contribution in [2.45, 2.75) is 16.7 Å². The molecule has 0 bridgehead atoms. The summed E-state index contributed by atoms with van der Waals surface area (Å²) in [7, 11) is -2.11. The Morgan fingerprint density at radius 1 is 0.633 bits per heavy atom. The third-order valence-electron chi connectivity index (χ3n) is 5.17. The van der Waals surface area contributed by atoms with E-state index in [1.54, 1.807) is 37.4 Å². The molecule has 150 valence electrons. The molecule has 0 unspecified atom stereocenters. The van der Waals surface area contributed by atoms with Gasteiger partial charge in [-0.3, -0.25) is 0 Å². The summed E-state index contributed by atoms with van der Waals surface area (Å²) >= 11 is 0. The molecular weight excluding hydrogens is 392 g/mol. The number of sulfone groups is 1. The minimum Gasteiger partial charge on any atom is -0.496 e. The smallest absolute Gasteiger partial charge is 0.206 e. The van der Waals surface area contributed by atoms with E-state index in [1.807, 2.05) is 73.7 Å². The molecule has 0 radical (unpaired) electrons. The zero-order valence-corrected chi connectivity index (χ0v) is 17.7. The van der Waals surface area contributed by atoms with E-state index in [4.69, 9.17) is 4.74 Å². The Kier molecular flexibility index (Phi) is 5.42. The van der Waals surface area contributed by atoms with Crippen LogP contribution in [0.4, 0.5) is 0 Å².